The Hall–Kier alpha value is -4.07. The predicted octanol–water partition coefficient (Wildman–Crippen LogP) is 4.16. The van der Waals surface area contributed by atoms with Crippen molar-refractivity contribution in [2.24, 2.45) is 0 Å². The van der Waals surface area contributed by atoms with Gasteiger partial charge in [0.05, 0.1) is 31.8 Å². The fourth-order valence-electron chi connectivity index (χ4n) is 4.03. The van der Waals surface area contributed by atoms with E-state index in [1.807, 2.05) is 42.6 Å². The zero-order valence-electron chi connectivity index (χ0n) is 17.9. The van der Waals surface area contributed by atoms with Crippen LogP contribution in [0.25, 0.3) is 22.5 Å². The number of anilines is 1. The van der Waals surface area contributed by atoms with Gasteiger partial charge >= 0.3 is 0 Å². The first kappa shape index (κ1) is 19.9. The van der Waals surface area contributed by atoms with Gasteiger partial charge in [0.1, 0.15) is 23.0 Å². The van der Waals surface area contributed by atoms with Crippen molar-refractivity contribution in [1.82, 2.24) is 19.7 Å². The Morgan fingerprint density at radius 3 is 2.88 bits per heavy atom. The number of carbonyl (C=O) groups excluding carboxylic acids is 1. The highest BCUT2D eigenvalue weighted by Crippen LogP contribution is 2.33. The van der Waals surface area contributed by atoms with Gasteiger partial charge in [-0.05, 0) is 42.8 Å². The number of rotatable bonds is 6. The molecule has 1 aliphatic heterocycles. The molecular weight excluding hydrogens is 406 g/mol. The van der Waals surface area contributed by atoms with E-state index in [-0.39, 0.29) is 5.91 Å². The number of nitrogens with one attached hydrogen (secondary N) is 2. The normalized spacial score (nSPS) is 12.4. The smallest absolute Gasteiger partial charge is 0.273 e. The van der Waals surface area contributed by atoms with E-state index in [0.29, 0.717) is 28.6 Å². The summed E-state index contributed by atoms with van der Waals surface area (Å²) in [5.74, 6) is 2.16. The molecule has 2 aromatic heterocycles. The molecule has 3 heterocycles. The maximum Gasteiger partial charge on any atom is 0.273 e. The zero-order chi connectivity index (χ0) is 22.1. The second-order valence-corrected chi connectivity index (χ2v) is 7.58. The standard InChI is InChI=1S/C24H23N5O3/c1-31-17-8-9-22(32-2)18(12-17)19-13-20(28-27-19)24(30)26-16-6-3-5-15(11-16)21-14-25-23-7-4-10-29(21)23/h3,5-6,8-9,11-14H,4,7,10H2,1-2H3,(H,26,30)(H,27,28). The van der Waals surface area contributed by atoms with Crippen LogP contribution in [0.1, 0.15) is 22.7 Å². The summed E-state index contributed by atoms with van der Waals surface area (Å²) in [6.45, 7) is 0.978. The van der Waals surface area contributed by atoms with Gasteiger partial charge in [-0.2, -0.15) is 5.10 Å². The van der Waals surface area contributed by atoms with Gasteiger partial charge in [-0.15, -0.1) is 0 Å². The molecule has 0 saturated heterocycles. The molecule has 8 nitrogen and oxygen atoms in total. The Bertz CT molecular complexity index is 1290. The number of methoxy groups -OCH3 is 2. The minimum Gasteiger partial charge on any atom is -0.497 e. The van der Waals surface area contributed by atoms with Gasteiger partial charge in [-0.3, -0.25) is 9.89 Å². The average Bonchev–Trinajstić information content (AvgIpc) is 3.56. The highest BCUT2D eigenvalue weighted by molar-refractivity contribution is 6.03. The van der Waals surface area contributed by atoms with E-state index in [0.717, 1.165) is 42.0 Å². The average molecular weight is 429 g/mol. The molecule has 1 amide bonds. The quantitative estimate of drug-likeness (QED) is 0.480. The lowest BCUT2D eigenvalue weighted by Gasteiger charge is -2.08. The van der Waals surface area contributed by atoms with Gasteiger partial charge in [0, 0.05) is 29.8 Å². The van der Waals surface area contributed by atoms with Crippen LogP contribution in [0.15, 0.2) is 54.7 Å². The van der Waals surface area contributed by atoms with Crippen molar-refractivity contribution in [1.29, 1.82) is 0 Å². The molecule has 0 unspecified atom stereocenters. The number of ether oxygens (including phenoxy) is 2. The maximum absolute atomic E-state index is 12.9. The van der Waals surface area contributed by atoms with Crippen molar-refractivity contribution in [3.05, 3.63) is 66.2 Å². The number of aryl methyl sites for hydroxylation is 1. The molecule has 4 aromatic rings. The lowest BCUT2D eigenvalue weighted by molar-refractivity contribution is 0.102. The molecule has 0 radical (unpaired) electrons. The Morgan fingerprint density at radius 2 is 2.03 bits per heavy atom. The highest BCUT2D eigenvalue weighted by atomic mass is 16.5. The zero-order valence-corrected chi connectivity index (χ0v) is 17.9. The molecule has 5 rings (SSSR count). The number of fused-ring (bicyclic) bond motifs is 1. The molecule has 0 atom stereocenters. The third-order valence-electron chi connectivity index (χ3n) is 5.64. The number of hydrogen-bond donors (Lipinski definition) is 2. The van der Waals surface area contributed by atoms with E-state index in [2.05, 4.69) is 25.1 Å². The van der Waals surface area contributed by atoms with Gasteiger partial charge in [-0.1, -0.05) is 12.1 Å². The predicted molar refractivity (Wildman–Crippen MR) is 121 cm³/mol. The number of aromatic nitrogens is 4. The number of aromatic amines is 1. The molecule has 2 N–H and O–H groups in total. The van der Waals surface area contributed by atoms with E-state index in [9.17, 15) is 4.79 Å². The molecule has 8 heteroatoms. The molecule has 0 fully saturated rings. The summed E-state index contributed by atoms with van der Waals surface area (Å²) >= 11 is 0. The Balaban J connectivity index is 1.37. The molecule has 162 valence electrons. The van der Waals surface area contributed by atoms with Crippen molar-refractivity contribution in [3.63, 3.8) is 0 Å². The van der Waals surface area contributed by atoms with E-state index in [1.54, 1.807) is 26.4 Å². The summed E-state index contributed by atoms with van der Waals surface area (Å²) in [7, 11) is 3.19. The first-order valence-electron chi connectivity index (χ1n) is 10.4. The minimum absolute atomic E-state index is 0.277. The van der Waals surface area contributed by atoms with Gasteiger partial charge < -0.3 is 19.4 Å². The molecule has 0 spiro atoms. The molecule has 1 aliphatic rings. The molecule has 2 aromatic carbocycles. The van der Waals surface area contributed by atoms with Crippen molar-refractivity contribution in [2.45, 2.75) is 19.4 Å². The van der Waals surface area contributed by atoms with Gasteiger partial charge in [0.2, 0.25) is 0 Å². The van der Waals surface area contributed by atoms with Crippen LogP contribution < -0.4 is 14.8 Å². The van der Waals surface area contributed by atoms with E-state index in [1.165, 1.54) is 0 Å². The molecule has 32 heavy (non-hydrogen) atoms. The summed E-state index contributed by atoms with van der Waals surface area (Å²) in [6.07, 6.45) is 4.03. The Labute approximate surface area is 185 Å². The van der Waals surface area contributed by atoms with Crippen LogP contribution in [0.2, 0.25) is 0 Å². The summed E-state index contributed by atoms with van der Waals surface area (Å²) < 4.78 is 13.0. The van der Waals surface area contributed by atoms with E-state index >= 15 is 0 Å². The van der Waals surface area contributed by atoms with Crippen LogP contribution in [0.4, 0.5) is 5.69 Å². The van der Waals surface area contributed by atoms with Gasteiger partial charge in [0.15, 0.2) is 0 Å². The molecular formula is C24H23N5O3. The fourth-order valence-corrected chi connectivity index (χ4v) is 4.03. The monoisotopic (exact) mass is 429 g/mol. The minimum atomic E-state index is -0.277. The van der Waals surface area contributed by atoms with Gasteiger partial charge in [0.25, 0.3) is 5.91 Å². The summed E-state index contributed by atoms with van der Waals surface area (Å²) in [4.78, 5) is 17.4. The van der Waals surface area contributed by atoms with Crippen LogP contribution in [0.3, 0.4) is 0 Å². The van der Waals surface area contributed by atoms with Crippen LogP contribution in [-0.4, -0.2) is 39.9 Å². The number of carbonyl (C=O) groups is 1. The van der Waals surface area contributed by atoms with E-state index < -0.39 is 0 Å². The number of hydrogen-bond acceptors (Lipinski definition) is 5. The Morgan fingerprint density at radius 1 is 1.12 bits per heavy atom. The number of amides is 1. The van der Waals surface area contributed by atoms with Crippen molar-refractivity contribution < 1.29 is 14.3 Å². The largest absolute Gasteiger partial charge is 0.497 e. The highest BCUT2D eigenvalue weighted by Gasteiger charge is 2.18. The number of imidazole rings is 1. The number of benzene rings is 2. The molecule has 0 bridgehead atoms. The third-order valence-corrected chi connectivity index (χ3v) is 5.64. The second kappa shape index (κ2) is 8.22. The van der Waals surface area contributed by atoms with Gasteiger partial charge in [-0.25, -0.2) is 4.98 Å². The number of H-pyrrole nitrogens is 1. The summed E-state index contributed by atoms with van der Waals surface area (Å²) in [5, 5.41) is 10.1. The summed E-state index contributed by atoms with van der Waals surface area (Å²) in [6, 6.07) is 14.9. The maximum atomic E-state index is 12.9. The molecule has 0 aliphatic carbocycles. The lowest BCUT2D eigenvalue weighted by Crippen LogP contribution is -2.12. The number of nitrogens with zero attached hydrogens (tertiary/aromatic N) is 3. The lowest BCUT2D eigenvalue weighted by atomic mass is 10.1. The fraction of sp³-hybridized carbons (Fsp3) is 0.208. The first-order chi connectivity index (χ1) is 15.7. The van der Waals surface area contributed by atoms with Crippen LogP contribution in [-0.2, 0) is 13.0 Å². The van der Waals surface area contributed by atoms with Crippen molar-refractivity contribution in [2.75, 3.05) is 19.5 Å². The SMILES string of the molecule is COc1ccc(OC)c(-c2cc(C(=O)Nc3cccc(-c4cnc5n4CCC5)c3)[nH]n2)c1. The third kappa shape index (κ3) is 3.60. The summed E-state index contributed by atoms with van der Waals surface area (Å²) in [5.41, 5.74) is 4.47. The second-order valence-electron chi connectivity index (χ2n) is 7.58. The van der Waals surface area contributed by atoms with Crippen LogP contribution in [0.5, 0.6) is 11.5 Å². The van der Waals surface area contributed by atoms with Crippen LogP contribution in [0, 0.1) is 0 Å². The topological polar surface area (TPSA) is 94.1 Å². The van der Waals surface area contributed by atoms with E-state index in [4.69, 9.17) is 9.47 Å². The Kier molecular flexibility index (Phi) is 5.10. The molecule has 0 saturated carbocycles. The first-order valence-corrected chi connectivity index (χ1v) is 10.4. The van der Waals surface area contributed by atoms with Crippen molar-refractivity contribution in [3.8, 4) is 34.0 Å². The van der Waals surface area contributed by atoms with Crippen LogP contribution >= 0.6 is 0 Å². The van der Waals surface area contributed by atoms with Crippen molar-refractivity contribution >= 4 is 11.6 Å².